The van der Waals surface area contributed by atoms with Gasteiger partial charge in [-0.05, 0) is 31.1 Å². The number of likely N-dealkylation sites (tertiary alicyclic amines) is 1. The summed E-state index contributed by atoms with van der Waals surface area (Å²) in [5.74, 6) is 1.19. The van der Waals surface area contributed by atoms with E-state index in [0.29, 0.717) is 24.7 Å². The summed E-state index contributed by atoms with van der Waals surface area (Å²) in [4.78, 5) is 14.6. The van der Waals surface area contributed by atoms with Crippen molar-refractivity contribution in [3.8, 4) is 0 Å². The molecule has 0 radical (unpaired) electrons. The summed E-state index contributed by atoms with van der Waals surface area (Å²) in [6.45, 7) is 9.77. The lowest BCUT2D eigenvalue weighted by atomic mass is 9.79. The Morgan fingerprint density at radius 2 is 2.05 bits per heavy atom. The highest BCUT2D eigenvalue weighted by Crippen LogP contribution is 2.33. The Morgan fingerprint density at radius 3 is 2.42 bits per heavy atom. The highest BCUT2D eigenvalue weighted by molar-refractivity contribution is 6.06. The predicted octanol–water partition coefficient (Wildman–Crippen LogP) is 2.04. The second-order valence-corrected chi connectivity index (χ2v) is 5.82. The van der Waals surface area contributed by atoms with E-state index in [2.05, 4.69) is 19.0 Å². The second-order valence-electron chi connectivity index (χ2n) is 5.82. The SMILES string of the molecule is CCC(CC)(C(=O)N1CCC(C(C)C)C1)C(N)=NO. The second kappa shape index (κ2) is 6.26. The lowest BCUT2D eigenvalue weighted by Crippen LogP contribution is -2.50. The van der Waals surface area contributed by atoms with Crippen molar-refractivity contribution in [1.29, 1.82) is 0 Å². The van der Waals surface area contributed by atoms with E-state index in [1.165, 1.54) is 0 Å². The average molecular weight is 269 g/mol. The predicted molar refractivity (Wildman–Crippen MR) is 75.9 cm³/mol. The zero-order valence-corrected chi connectivity index (χ0v) is 12.5. The van der Waals surface area contributed by atoms with Crippen LogP contribution in [0.15, 0.2) is 5.16 Å². The van der Waals surface area contributed by atoms with Gasteiger partial charge >= 0.3 is 0 Å². The molecule has 5 nitrogen and oxygen atoms in total. The van der Waals surface area contributed by atoms with Crippen molar-refractivity contribution < 1.29 is 10.0 Å². The Labute approximate surface area is 115 Å². The number of amidine groups is 1. The van der Waals surface area contributed by atoms with Gasteiger partial charge in [-0.3, -0.25) is 4.79 Å². The van der Waals surface area contributed by atoms with Gasteiger partial charge in [0.2, 0.25) is 5.91 Å². The minimum Gasteiger partial charge on any atom is -0.409 e. The van der Waals surface area contributed by atoms with Crippen molar-refractivity contribution in [3.05, 3.63) is 0 Å². The third-order valence-electron chi connectivity index (χ3n) is 4.67. The fourth-order valence-electron chi connectivity index (χ4n) is 2.94. The molecule has 0 aliphatic carbocycles. The van der Waals surface area contributed by atoms with Crippen LogP contribution in [0.4, 0.5) is 0 Å². The highest BCUT2D eigenvalue weighted by atomic mass is 16.4. The van der Waals surface area contributed by atoms with Gasteiger partial charge in [0.15, 0.2) is 5.84 Å². The van der Waals surface area contributed by atoms with Gasteiger partial charge in [-0.2, -0.15) is 0 Å². The third-order valence-corrected chi connectivity index (χ3v) is 4.67. The van der Waals surface area contributed by atoms with Gasteiger partial charge in [0.1, 0.15) is 5.41 Å². The standard InChI is InChI=1S/C14H27N3O2/c1-5-14(6-2,12(15)16-19)13(18)17-8-7-11(9-17)10(3)4/h10-11,19H,5-9H2,1-4H3,(H2,15,16). The van der Waals surface area contributed by atoms with Gasteiger partial charge in [-0.15, -0.1) is 0 Å². The van der Waals surface area contributed by atoms with Crippen LogP contribution in [-0.2, 0) is 4.79 Å². The van der Waals surface area contributed by atoms with E-state index in [-0.39, 0.29) is 11.7 Å². The van der Waals surface area contributed by atoms with Crippen molar-refractivity contribution in [1.82, 2.24) is 4.90 Å². The van der Waals surface area contributed by atoms with Crippen LogP contribution in [0.3, 0.4) is 0 Å². The smallest absolute Gasteiger partial charge is 0.236 e. The summed E-state index contributed by atoms with van der Waals surface area (Å²) in [6, 6.07) is 0. The lowest BCUT2D eigenvalue weighted by Gasteiger charge is -2.33. The molecule has 0 bridgehead atoms. The number of oxime groups is 1. The van der Waals surface area contributed by atoms with Gasteiger partial charge < -0.3 is 15.8 Å². The Bertz CT molecular complexity index is 349. The first-order valence-electron chi connectivity index (χ1n) is 7.20. The topological polar surface area (TPSA) is 78.9 Å². The molecule has 19 heavy (non-hydrogen) atoms. The zero-order valence-electron chi connectivity index (χ0n) is 12.5. The molecule has 110 valence electrons. The van der Waals surface area contributed by atoms with Gasteiger partial charge in [0.05, 0.1) is 0 Å². The summed E-state index contributed by atoms with van der Waals surface area (Å²) in [6.07, 6.45) is 2.16. The number of carbonyl (C=O) groups is 1. The molecule has 1 fully saturated rings. The molecular formula is C14H27N3O2. The van der Waals surface area contributed by atoms with E-state index < -0.39 is 5.41 Å². The molecule has 0 spiro atoms. The first-order valence-corrected chi connectivity index (χ1v) is 7.20. The molecule has 3 N–H and O–H groups in total. The molecule has 1 unspecified atom stereocenters. The maximum absolute atomic E-state index is 12.8. The molecule has 1 saturated heterocycles. The molecule has 1 amide bonds. The highest BCUT2D eigenvalue weighted by Gasteiger charge is 2.44. The van der Waals surface area contributed by atoms with E-state index in [9.17, 15) is 4.79 Å². The van der Waals surface area contributed by atoms with Crippen molar-refractivity contribution in [2.75, 3.05) is 13.1 Å². The molecule has 5 heteroatoms. The first kappa shape index (κ1) is 15.8. The minimum atomic E-state index is -0.847. The van der Waals surface area contributed by atoms with Crippen LogP contribution in [0.2, 0.25) is 0 Å². The van der Waals surface area contributed by atoms with Crippen LogP contribution in [0.25, 0.3) is 0 Å². The maximum Gasteiger partial charge on any atom is 0.236 e. The van der Waals surface area contributed by atoms with E-state index in [1.807, 2.05) is 18.7 Å². The number of amides is 1. The molecule has 1 aliphatic rings. The van der Waals surface area contributed by atoms with E-state index in [1.54, 1.807) is 0 Å². The maximum atomic E-state index is 12.8. The largest absolute Gasteiger partial charge is 0.409 e. The van der Waals surface area contributed by atoms with Crippen LogP contribution in [0, 0.1) is 17.3 Å². The number of carbonyl (C=O) groups excluding carboxylic acids is 1. The third kappa shape index (κ3) is 2.85. The van der Waals surface area contributed by atoms with Gasteiger partial charge in [-0.1, -0.05) is 32.9 Å². The number of nitrogens with two attached hydrogens (primary N) is 1. The molecule has 0 aromatic heterocycles. The molecular weight excluding hydrogens is 242 g/mol. The molecule has 1 heterocycles. The lowest BCUT2D eigenvalue weighted by molar-refractivity contribution is -0.138. The van der Waals surface area contributed by atoms with Gasteiger partial charge in [0.25, 0.3) is 0 Å². The normalized spacial score (nSPS) is 21.2. The van der Waals surface area contributed by atoms with Crippen LogP contribution >= 0.6 is 0 Å². The van der Waals surface area contributed by atoms with Crippen LogP contribution < -0.4 is 5.73 Å². The number of nitrogens with zero attached hydrogens (tertiary/aromatic N) is 2. The number of hydrogen-bond acceptors (Lipinski definition) is 3. The van der Waals surface area contributed by atoms with Gasteiger partial charge in [-0.25, -0.2) is 0 Å². The minimum absolute atomic E-state index is 0.0101. The summed E-state index contributed by atoms with van der Waals surface area (Å²) < 4.78 is 0. The first-order chi connectivity index (χ1) is 8.92. The molecule has 1 rings (SSSR count). The quantitative estimate of drug-likeness (QED) is 0.347. The monoisotopic (exact) mass is 269 g/mol. The summed E-state index contributed by atoms with van der Waals surface area (Å²) >= 11 is 0. The van der Waals surface area contributed by atoms with Crippen molar-refractivity contribution in [3.63, 3.8) is 0 Å². The number of hydrogen-bond donors (Lipinski definition) is 2. The van der Waals surface area contributed by atoms with Crippen LogP contribution in [-0.4, -0.2) is 34.9 Å². The fraction of sp³-hybridized carbons (Fsp3) is 0.857. The van der Waals surface area contributed by atoms with Crippen molar-refractivity contribution in [2.45, 2.75) is 47.0 Å². The van der Waals surface area contributed by atoms with E-state index in [4.69, 9.17) is 10.9 Å². The molecule has 1 atom stereocenters. The van der Waals surface area contributed by atoms with Crippen LogP contribution in [0.5, 0.6) is 0 Å². The molecule has 0 aromatic rings. The van der Waals surface area contributed by atoms with E-state index in [0.717, 1.165) is 19.5 Å². The summed E-state index contributed by atoms with van der Waals surface area (Å²) in [5, 5.41) is 12.1. The number of rotatable bonds is 5. The van der Waals surface area contributed by atoms with E-state index >= 15 is 0 Å². The van der Waals surface area contributed by atoms with Crippen molar-refractivity contribution >= 4 is 11.7 Å². The summed E-state index contributed by atoms with van der Waals surface area (Å²) in [5.41, 5.74) is 4.94. The Morgan fingerprint density at radius 1 is 1.47 bits per heavy atom. The van der Waals surface area contributed by atoms with Gasteiger partial charge in [0, 0.05) is 13.1 Å². The Balaban J connectivity index is 2.91. The molecule has 0 saturated carbocycles. The van der Waals surface area contributed by atoms with Crippen molar-refractivity contribution in [2.24, 2.45) is 28.1 Å². The molecule has 0 aromatic carbocycles. The molecule has 1 aliphatic heterocycles. The zero-order chi connectivity index (χ0) is 14.6. The Kier molecular flexibility index (Phi) is 5.20. The fourth-order valence-corrected chi connectivity index (χ4v) is 2.94. The van der Waals surface area contributed by atoms with Crippen LogP contribution in [0.1, 0.15) is 47.0 Å². The average Bonchev–Trinajstić information content (AvgIpc) is 2.89. The Hall–Kier alpha value is -1.26. The summed E-state index contributed by atoms with van der Waals surface area (Å²) in [7, 11) is 0.